The van der Waals surface area contributed by atoms with Gasteiger partial charge in [-0.3, -0.25) is 0 Å². The Morgan fingerprint density at radius 1 is 1.60 bits per heavy atom. The summed E-state index contributed by atoms with van der Waals surface area (Å²) in [5.74, 6) is 0.355. The topological polar surface area (TPSA) is 20.2 Å². The van der Waals surface area contributed by atoms with Crippen LogP contribution in [0.5, 0.6) is 0 Å². The molecule has 3 heteroatoms. The molecule has 1 aliphatic carbocycles. The number of aliphatic hydroxyl groups excluding tert-OH is 1. The highest BCUT2D eigenvalue weighted by Gasteiger charge is 2.40. The predicted molar refractivity (Wildman–Crippen MR) is 65.4 cm³/mol. The normalized spacial score (nSPS) is 26.8. The molecule has 1 aromatic rings. The lowest BCUT2D eigenvalue weighted by molar-refractivity contribution is 0.0559. The van der Waals surface area contributed by atoms with Gasteiger partial charge in [0.25, 0.3) is 0 Å². The van der Waals surface area contributed by atoms with Crippen LogP contribution in [0.1, 0.15) is 44.1 Å². The highest BCUT2D eigenvalue weighted by atomic mass is 35.5. The van der Waals surface area contributed by atoms with Crippen LogP contribution in [0.15, 0.2) is 11.4 Å². The van der Waals surface area contributed by atoms with E-state index in [0.29, 0.717) is 5.92 Å². The smallest absolute Gasteiger partial charge is 0.0930 e. The van der Waals surface area contributed by atoms with Crippen LogP contribution in [-0.4, -0.2) is 5.11 Å². The zero-order chi connectivity index (χ0) is 11.1. The van der Waals surface area contributed by atoms with Crippen molar-refractivity contribution in [2.24, 2.45) is 11.3 Å². The first-order chi connectivity index (χ1) is 7.02. The molecule has 2 atom stereocenters. The average Bonchev–Trinajstić information content (AvgIpc) is 2.70. The Morgan fingerprint density at radius 3 is 2.80 bits per heavy atom. The number of rotatable bonds is 2. The zero-order valence-electron chi connectivity index (χ0n) is 9.16. The van der Waals surface area contributed by atoms with Crippen LogP contribution in [-0.2, 0) is 0 Å². The molecule has 0 spiro atoms. The minimum absolute atomic E-state index is 0.243. The summed E-state index contributed by atoms with van der Waals surface area (Å²) in [6, 6.07) is 1.87. The molecule has 0 saturated heterocycles. The fraction of sp³-hybridized carbons (Fsp3) is 0.667. The van der Waals surface area contributed by atoms with E-state index in [-0.39, 0.29) is 11.5 Å². The molecule has 84 valence electrons. The zero-order valence-corrected chi connectivity index (χ0v) is 10.7. The molecule has 1 fully saturated rings. The maximum Gasteiger partial charge on any atom is 0.0930 e. The van der Waals surface area contributed by atoms with E-state index >= 15 is 0 Å². The summed E-state index contributed by atoms with van der Waals surface area (Å²) >= 11 is 7.62. The Labute approximate surface area is 100 Å². The average molecular weight is 245 g/mol. The van der Waals surface area contributed by atoms with Crippen molar-refractivity contribution >= 4 is 22.9 Å². The molecule has 2 rings (SSSR count). The molecule has 0 amide bonds. The number of aliphatic hydroxyl groups is 1. The maximum atomic E-state index is 10.4. The van der Waals surface area contributed by atoms with Crippen LogP contribution < -0.4 is 0 Å². The van der Waals surface area contributed by atoms with Gasteiger partial charge >= 0.3 is 0 Å². The molecule has 15 heavy (non-hydrogen) atoms. The van der Waals surface area contributed by atoms with Crippen LogP contribution in [0, 0.1) is 11.3 Å². The number of halogens is 1. The van der Waals surface area contributed by atoms with Gasteiger partial charge in [-0.05, 0) is 35.6 Å². The summed E-state index contributed by atoms with van der Waals surface area (Å²) in [6.45, 7) is 4.49. The third kappa shape index (κ3) is 2.08. The lowest BCUT2D eigenvalue weighted by atomic mass is 9.78. The molecule has 1 aromatic heterocycles. The van der Waals surface area contributed by atoms with Gasteiger partial charge in [-0.25, -0.2) is 0 Å². The van der Waals surface area contributed by atoms with Crippen molar-refractivity contribution in [3.05, 3.63) is 21.3 Å². The van der Waals surface area contributed by atoms with Crippen LogP contribution >= 0.6 is 22.9 Å². The minimum atomic E-state index is -0.380. The van der Waals surface area contributed by atoms with E-state index in [1.165, 1.54) is 12.8 Å². The quantitative estimate of drug-likeness (QED) is 0.824. The second-order valence-corrected chi connectivity index (χ2v) is 6.42. The molecular formula is C12H17ClOS. The lowest BCUT2D eigenvalue weighted by Crippen LogP contribution is -2.23. The third-order valence-electron chi connectivity index (χ3n) is 3.63. The minimum Gasteiger partial charge on any atom is -0.387 e. The highest BCUT2D eigenvalue weighted by molar-refractivity contribution is 7.10. The van der Waals surface area contributed by atoms with Gasteiger partial charge in [0, 0.05) is 0 Å². The van der Waals surface area contributed by atoms with E-state index in [4.69, 9.17) is 11.6 Å². The molecule has 1 nitrogen and oxygen atoms in total. The Kier molecular flexibility index (Phi) is 3.11. The first kappa shape index (κ1) is 11.4. The van der Waals surface area contributed by atoms with Crippen LogP contribution in [0.2, 0.25) is 5.02 Å². The van der Waals surface area contributed by atoms with Gasteiger partial charge in [0.05, 0.1) is 16.0 Å². The molecule has 1 aliphatic rings. The van der Waals surface area contributed by atoms with Gasteiger partial charge in [0.1, 0.15) is 0 Å². The van der Waals surface area contributed by atoms with Crippen molar-refractivity contribution in [3.8, 4) is 0 Å². The van der Waals surface area contributed by atoms with Crippen molar-refractivity contribution in [2.75, 3.05) is 0 Å². The fourth-order valence-electron chi connectivity index (χ4n) is 2.64. The predicted octanol–water partition coefficient (Wildman–Crippen LogP) is 4.26. The standard InChI is InChI=1S/C12H17ClOS/c1-12(2)6-3-4-8(12)10(14)11-9(13)5-7-15-11/h5,7-8,10,14H,3-4,6H2,1-2H3. The second kappa shape index (κ2) is 4.08. The summed E-state index contributed by atoms with van der Waals surface area (Å²) < 4.78 is 0. The first-order valence-corrected chi connectivity index (χ1v) is 6.69. The maximum absolute atomic E-state index is 10.4. The van der Waals surface area contributed by atoms with Gasteiger partial charge in [0.2, 0.25) is 0 Å². The summed E-state index contributed by atoms with van der Waals surface area (Å²) in [6.07, 6.45) is 3.16. The van der Waals surface area contributed by atoms with Crippen molar-refractivity contribution in [1.82, 2.24) is 0 Å². The fourth-order valence-corrected chi connectivity index (χ4v) is 3.86. The van der Waals surface area contributed by atoms with Crippen LogP contribution in [0.4, 0.5) is 0 Å². The van der Waals surface area contributed by atoms with Crippen LogP contribution in [0.25, 0.3) is 0 Å². The van der Waals surface area contributed by atoms with Gasteiger partial charge in [-0.2, -0.15) is 0 Å². The van der Waals surface area contributed by atoms with E-state index in [1.807, 2.05) is 11.4 Å². The molecule has 1 heterocycles. The molecular weight excluding hydrogens is 228 g/mol. The molecule has 0 bridgehead atoms. The highest BCUT2D eigenvalue weighted by Crippen LogP contribution is 2.50. The molecule has 0 radical (unpaired) electrons. The summed E-state index contributed by atoms with van der Waals surface area (Å²) in [5.41, 5.74) is 0.243. The molecule has 2 unspecified atom stereocenters. The number of thiophene rings is 1. The summed E-state index contributed by atoms with van der Waals surface area (Å²) in [4.78, 5) is 0.941. The van der Waals surface area contributed by atoms with Crippen LogP contribution in [0.3, 0.4) is 0 Å². The van der Waals surface area contributed by atoms with Gasteiger partial charge in [0.15, 0.2) is 0 Å². The summed E-state index contributed by atoms with van der Waals surface area (Å²) in [5, 5.41) is 13.0. The van der Waals surface area contributed by atoms with Crippen molar-refractivity contribution < 1.29 is 5.11 Å². The van der Waals surface area contributed by atoms with Gasteiger partial charge in [-0.1, -0.05) is 31.9 Å². The largest absolute Gasteiger partial charge is 0.387 e. The van der Waals surface area contributed by atoms with E-state index in [0.717, 1.165) is 16.3 Å². The third-order valence-corrected chi connectivity index (χ3v) is 5.06. The molecule has 1 N–H and O–H groups in total. The van der Waals surface area contributed by atoms with Crippen molar-refractivity contribution in [1.29, 1.82) is 0 Å². The van der Waals surface area contributed by atoms with Gasteiger partial charge < -0.3 is 5.11 Å². The Bertz CT molecular complexity index is 345. The lowest BCUT2D eigenvalue weighted by Gasteiger charge is -2.30. The van der Waals surface area contributed by atoms with E-state index in [1.54, 1.807) is 11.3 Å². The van der Waals surface area contributed by atoms with Gasteiger partial charge in [-0.15, -0.1) is 11.3 Å². The van der Waals surface area contributed by atoms with Crippen molar-refractivity contribution in [3.63, 3.8) is 0 Å². The number of hydrogen-bond acceptors (Lipinski definition) is 2. The molecule has 0 aliphatic heterocycles. The van der Waals surface area contributed by atoms with E-state index in [2.05, 4.69) is 13.8 Å². The SMILES string of the molecule is CC1(C)CCCC1C(O)c1sccc1Cl. The number of hydrogen-bond donors (Lipinski definition) is 1. The Hall–Kier alpha value is -0.0500. The first-order valence-electron chi connectivity index (χ1n) is 5.43. The Morgan fingerprint density at radius 2 is 2.33 bits per heavy atom. The second-order valence-electron chi connectivity index (χ2n) is 5.06. The summed E-state index contributed by atoms with van der Waals surface area (Å²) in [7, 11) is 0. The monoisotopic (exact) mass is 244 g/mol. The molecule has 0 aromatic carbocycles. The van der Waals surface area contributed by atoms with E-state index < -0.39 is 0 Å². The van der Waals surface area contributed by atoms with E-state index in [9.17, 15) is 5.11 Å². The van der Waals surface area contributed by atoms with Crippen molar-refractivity contribution in [2.45, 2.75) is 39.2 Å². The Balaban J connectivity index is 2.21. The molecule has 1 saturated carbocycles.